The van der Waals surface area contributed by atoms with E-state index in [1.165, 1.54) is 0 Å². The largest absolute Gasteiger partial charge is 0.461 e. The summed E-state index contributed by atoms with van der Waals surface area (Å²) in [5.41, 5.74) is 0.0315. The topological polar surface area (TPSA) is 69.2 Å². The van der Waals surface area contributed by atoms with Crippen LogP contribution < -0.4 is 0 Å². The molecular weight excluding hydrogens is 272 g/mol. The molecule has 0 spiro atoms. The van der Waals surface area contributed by atoms with E-state index in [-0.39, 0.29) is 12.3 Å². The molecule has 0 radical (unpaired) electrons. The van der Waals surface area contributed by atoms with Gasteiger partial charge >= 0.3 is 5.97 Å². The van der Waals surface area contributed by atoms with E-state index >= 15 is 0 Å². The number of carbonyl (C=O) groups is 1. The van der Waals surface area contributed by atoms with Crippen LogP contribution in [0.4, 0.5) is 0 Å². The molecule has 7 heteroatoms. The monoisotopic (exact) mass is 282 g/mol. The number of nitrogens with zero attached hydrogens (tertiary/aromatic N) is 2. The van der Waals surface area contributed by atoms with Crippen LogP contribution in [-0.2, 0) is 15.5 Å². The van der Waals surface area contributed by atoms with Gasteiger partial charge in [-0.15, -0.1) is 5.10 Å². The fourth-order valence-corrected chi connectivity index (χ4v) is 3.26. The number of ether oxygens (including phenoxy) is 1. The Morgan fingerprint density at radius 2 is 2.11 bits per heavy atom. The highest BCUT2D eigenvalue weighted by molar-refractivity contribution is 7.87. The standard InChI is InChI=1S/C11H10N2O3S2/c1-2-16-10(14)9-11(17-13-12-9)18(15)8-6-4-3-5-7-8/h3-7H,2H2,1H3. The smallest absolute Gasteiger partial charge is 0.361 e. The van der Waals surface area contributed by atoms with Gasteiger partial charge in [-0.25, -0.2) is 9.00 Å². The van der Waals surface area contributed by atoms with Crippen molar-refractivity contribution in [3.8, 4) is 0 Å². The molecule has 0 aliphatic rings. The summed E-state index contributed by atoms with van der Waals surface area (Å²) in [6.45, 7) is 1.94. The van der Waals surface area contributed by atoms with Gasteiger partial charge in [0.05, 0.1) is 17.4 Å². The van der Waals surface area contributed by atoms with Crippen molar-refractivity contribution in [2.75, 3.05) is 6.61 Å². The third-order valence-corrected chi connectivity index (χ3v) is 4.48. The molecule has 1 aromatic heterocycles. The number of esters is 1. The Morgan fingerprint density at radius 1 is 1.39 bits per heavy atom. The molecule has 0 fully saturated rings. The Morgan fingerprint density at radius 3 is 2.78 bits per heavy atom. The summed E-state index contributed by atoms with van der Waals surface area (Å²) in [5.74, 6) is -0.592. The van der Waals surface area contributed by atoms with Gasteiger partial charge in [-0.1, -0.05) is 22.7 Å². The highest BCUT2D eigenvalue weighted by atomic mass is 32.2. The first-order chi connectivity index (χ1) is 8.74. The van der Waals surface area contributed by atoms with E-state index in [2.05, 4.69) is 9.59 Å². The average Bonchev–Trinajstić information content (AvgIpc) is 2.88. The van der Waals surface area contributed by atoms with Crippen molar-refractivity contribution < 1.29 is 13.7 Å². The summed E-state index contributed by atoms with van der Waals surface area (Å²) in [5, 5.41) is 3.68. The zero-order chi connectivity index (χ0) is 13.0. The van der Waals surface area contributed by atoms with Crippen molar-refractivity contribution in [2.24, 2.45) is 0 Å². The van der Waals surface area contributed by atoms with Crippen molar-refractivity contribution in [3.05, 3.63) is 36.0 Å². The maximum Gasteiger partial charge on any atom is 0.361 e. The average molecular weight is 282 g/mol. The first-order valence-corrected chi connectivity index (χ1v) is 7.12. The van der Waals surface area contributed by atoms with Crippen LogP contribution in [0.15, 0.2) is 39.4 Å². The van der Waals surface area contributed by atoms with Gasteiger partial charge in [-0.2, -0.15) is 0 Å². The lowest BCUT2D eigenvalue weighted by atomic mass is 10.4. The van der Waals surface area contributed by atoms with Crippen LogP contribution >= 0.6 is 11.5 Å². The molecule has 2 aromatic rings. The van der Waals surface area contributed by atoms with E-state index in [1.54, 1.807) is 31.2 Å². The van der Waals surface area contributed by atoms with Gasteiger partial charge in [-0.05, 0) is 30.6 Å². The lowest BCUT2D eigenvalue weighted by Crippen LogP contribution is -2.08. The van der Waals surface area contributed by atoms with Crippen LogP contribution in [0.25, 0.3) is 0 Å². The molecule has 1 unspecified atom stereocenters. The Bertz CT molecular complexity index is 569. The van der Waals surface area contributed by atoms with Gasteiger partial charge in [0.25, 0.3) is 0 Å². The molecule has 0 N–H and O–H groups in total. The first kappa shape index (κ1) is 12.8. The van der Waals surface area contributed by atoms with Crippen LogP contribution in [0, 0.1) is 0 Å². The third-order valence-electron chi connectivity index (χ3n) is 2.05. The summed E-state index contributed by atoms with van der Waals surface area (Å²) in [7, 11) is -1.46. The fraction of sp³-hybridized carbons (Fsp3) is 0.182. The van der Waals surface area contributed by atoms with Crippen molar-refractivity contribution in [1.82, 2.24) is 9.59 Å². The molecule has 2 rings (SSSR count). The molecule has 94 valence electrons. The van der Waals surface area contributed by atoms with Crippen LogP contribution in [0.2, 0.25) is 0 Å². The maximum absolute atomic E-state index is 12.3. The molecule has 5 nitrogen and oxygen atoms in total. The summed E-state index contributed by atoms with van der Waals surface area (Å²) in [6.07, 6.45) is 0. The molecule has 0 amide bonds. The number of aromatic nitrogens is 2. The lowest BCUT2D eigenvalue weighted by Gasteiger charge is -2.01. The number of carbonyl (C=O) groups excluding carboxylic acids is 1. The van der Waals surface area contributed by atoms with E-state index in [1.807, 2.05) is 6.07 Å². The van der Waals surface area contributed by atoms with E-state index in [0.29, 0.717) is 9.10 Å². The Kier molecular flexibility index (Phi) is 4.16. The molecule has 0 aliphatic heterocycles. The van der Waals surface area contributed by atoms with Crippen LogP contribution in [0.5, 0.6) is 0 Å². The molecule has 0 saturated carbocycles. The Labute approximate surface area is 110 Å². The van der Waals surface area contributed by atoms with E-state index < -0.39 is 16.8 Å². The van der Waals surface area contributed by atoms with Crippen molar-refractivity contribution in [3.63, 3.8) is 0 Å². The predicted molar refractivity (Wildman–Crippen MR) is 67.0 cm³/mol. The zero-order valence-electron chi connectivity index (χ0n) is 9.53. The van der Waals surface area contributed by atoms with Gasteiger partial charge in [0.1, 0.15) is 0 Å². The quantitative estimate of drug-likeness (QED) is 0.801. The van der Waals surface area contributed by atoms with Crippen LogP contribution in [0.3, 0.4) is 0 Å². The lowest BCUT2D eigenvalue weighted by molar-refractivity contribution is 0.0515. The van der Waals surface area contributed by atoms with Crippen LogP contribution in [-0.4, -0.2) is 26.4 Å². The summed E-state index contributed by atoms with van der Waals surface area (Å²) < 4.78 is 21.1. The number of hydrogen-bond donors (Lipinski definition) is 0. The molecule has 1 aromatic carbocycles. The van der Waals surface area contributed by atoms with Gasteiger partial charge in [-0.3, -0.25) is 0 Å². The number of rotatable bonds is 4. The Hall–Kier alpha value is -1.60. The minimum Gasteiger partial charge on any atom is -0.461 e. The number of benzene rings is 1. The zero-order valence-corrected chi connectivity index (χ0v) is 11.2. The second-order valence-electron chi connectivity index (χ2n) is 3.21. The van der Waals surface area contributed by atoms with Crippen LogP contribution in [0.1, 0.15) is 17.4 Å². The normalized spacial score (nSPS) is 12.1. The van der Waals surface area contributed by atoms with Crippen molar-refractivity contribution in [1.29, 1.82) is 0 Å². The SMILES string of the molecule is CCOC(=O)c1nnsc1S(=O)c1ccccc1. The first-order valence-electron chi connectivity index (χ1n) is 5.20. The van der Waals surface area contributed by atoms with E-state index in [4.69, 9.17) is 4.74 Å². The molecule has 18 heavy (non-hydrogen) atoms. The minimum atomic E-state index is -1.46. The van der Waals surface area contributed by atoms with Crippen molar-refractivity contribution in [2.45, 2.75) is 16.0 Å². The fourth-order valence-electron chi connectivity index (χ4n) is 1.28. The highest BCUT2D eigenvalue weighted by Crippen LogP contribution is 2.22. The van der Waals surface area contributed by atoms with E-state index in [9.17, 15) is 9.00 Å². The van der Waals surface area contributed by atoms with Gasteiger partial charge in [0.15, 0.2) is 9.90 Å². The molecular formula is C11H10N2O3S2. The minimum absolute atomic E-state index is 0.0315. The third kappa shape index (κ3) is 2.62. The highest BCUT2D eigenvalue weighted by Gasteiger charge is 2.23. The second kappa shape index (κ2) is 5.83. The maximum atomic E-state index is 12.3. The second-order valence-corrected chi connectivity index (χ2v) is 5.64. The van der Waals surface area contributed by atoms with Gasteiger partial charge < -0.3 is 4.74 Å². The predicted octanol–water partition coefficient (Wildman–Crippen LogP) is 1.88. The summed E-state index contributed by atoms with van der Waals surface area (Å²) in [4.78, 5) is 12.2. The van der Waals surface area contributed by atoms with Gasteiger partial charge in [0.2, 0.25) is 0 Å². The summed E-state index contributed by atoms with van der Waals surface area (Å²) >= 11 is 0.945. The van der Waals surface area contributed by atoms with E-state index in [0.717, 1.165) is 11.5 Å². The number of hydrogen-bond acceptors (Lipinski definition) is 6. The molecule has 1 atom stereocenters. The molecule has 1 heterocycles. The molecule has 0 bridgehead atoms. The molecule has 0 aliphatic carbocycles. The molecule has 0 saturated heterocycles. The van der Waals surface area contributed by atoms with Gasteiger partial charge in [0, 0.05) is 4.90 Å². The van der Waals surface area contributed by atoms with Crippen molar-refractivity contribution >= 4 is 28.3 Å². The summed E-state index contributed by atoms with van der Waals surface area (Å²) in [6, 6.07) is 8.85. The Balaban J connectivity index is 2.32.